The van der Waals surface area contributed by atoms with Crippen LogP contribution in [0.5, 0.6) is 0 Å². The summed E-state index contributed by atoms with van der Waals surface area (Å²) in [6, 6.07) is 9.90. The molecule has 2 N–H and O–H groups in total. The molecule has 0 heterocycles. The number of aliphatic hydroxyl groups excluding tert-OH is 1. The normalized spacial score (nSPS) is 12.1. The molecule has 1 amide bonds. The highest BCUT2D eigenvalue weighted by Crippen LogP contribution is 2.04. The van der Waals surface area contributed by atoms with Gasteiger partial charge in [-0.15, -0.1) is 0 Å². The highest BCUT2D eigenvalue weighted by atomic mass is 16.3. The molecule has 15 heavy (non-hydrogen) atoms. The van der Waals surface area contributed by atoms with E-state index in [2.05, 4.69) is 5.32 Å². The van der Waals surface area contributed by atoms with E-state index in [1.165, 1.54) is 12.5 Å². The molecule has 0 aliphatic carbocycles. The quantitative estimate of drug-likeness (QED) is 0.760. The Morgan fingerprint density at radius 2 is 2.07 bits per heavy atom. The van der Waals surface area contributed by atoms with Crippen LogP contribution in [-0.2, 0) is 11.2 Å². The molecule has 0 aromatic heterocycles. The van der Waals surface area contributed by atoms with Crippen molar-refractivity contribution in [2.24, 2.45) is 0 Å². The van der Waals surface area contributed by atoms with E-state index in [0.29, 0.717) is 0 Å². The van der Waals surface area contributed by atoms with Crippen molar-refractivity contribution < 1.29 is 9.90 Å². The van der Waals surface area contributed by atoms with Gasteiger partial charge in [-0.1, -0.05) is 30.3 Å². The minimum Gasteiger partial charge on any atom is -0.394 e. The van der Waals surface area contributed by atoms with Crippen LogP contribution < -0.4 is 5.32 Å². The molecule has 1 atom stereocenters. The monoisotopic (exact) mass is 207 g/mol. The number of aryl methyl sites for hydroxylation is 1. The van der Waals surface area contributed by atoms with Gasteiger partial charge in [-0.3, -0.25) is 4.79 Å². The van der Waals surface area contributed by atoms with E-state index in [4.69, 9.17) is 5.11 Å². The predicted molar refractivity (Wildman–Crippen MR) is 59.5 cm³/mol. The lowest BCUT2D eigenvalue weighted by Crippen LogP contribution is -2.36. The summed E-state index contributed by atoms with van der Waals surface area (Å²) in [7, 11) is 0. The first-order valence-electron chi connectivity index (χ1n) is 5.14. The van der Waals surface area contributed by atoms with E-state index in [0.717, 1.165) is 12.8 Å². The average Bonchev–Trinajstić information content (AvgIpc) is 2.25. The van der Waals surface area contributed by atoms with Crippen molar-refractivity contribution in [2.45, 2.75) is 25.8 Å². The van der Waals surface area contributed by atoms with Crippen LogP contribution in [0.15, 0.2) is 30.3 Å². The number of benzene rings is 1. The molecule has 0 spiro atoms. The van der Waals surface area contributed by atoms with Crippen LogP contribution in [0.3, 0.4) is 0 Å². The third-order valence-corrected chi connectivity index (χ3v) is 2.25. The van der Waals surface area contributed by atoms with Crippen molar-refractivity contribution >= 4 is 5.91 Å². The van der Waals surface area contributed by atoms with Gasteiger partial charge in [0, 0.05) is 6.92 Å². The lowest BCUT2D eigenvalue weighted by atomic mass is 10.1. The van der Waals surface area contributed by atoms with Crippen LogP contribution in [0.1, 0.15) is 18.9 Å². The van der Waals surface area contributed by atoms with Crippen molar-refractivity contribution in [3.05, 3.63) is 35.9 Å². The van der Waals surface area contributed by atoms with Crippen LogP contribution in [0.4, 0.5) is 0 Å². The van der Waals surface area contributed by atoms with Gasteiger partial charge in [0.1, 0.15) is 0 Å². The first-order chi connectivity index (χ1) is 7.22. The Balaban J connectivity index is 2.37. The molecule has 1 aromatic rings. The van der Waals surface area contributed by atoms with Gasteiger partial charge in [0.05, 0.1) is 12.6 Å². The summed E-state index contributed by atoms with van der Waals surface area (Å²) >= 11 is 0. The number of amides is 1. The standard InChI is InChI=1S/C12H17NO2/c1-10(15)13-12(9-14)8-7-11-5-3-2-4-6-11/h2-6,12,14H,7-9H2,1H3,(H,13,15)/t12-/m1/s1. The predicted octanol–water partition coefficient (Wildman–Crippen LogP) is 1.12. The summed E-state index contributed by atoms with van der Waals surface area (Å²) in [5.41, 5.74) is 1.22. The zero-order chi connectivity index (χ0) is 11.1. The Morgan fingerprint density at radius 3 is 2.60 bits per heavy atom. The van der Waals surface area contributed by atoms with Gasteiger partial charge in [-0.05, 0) is 18.4 Å². The summed E-state index contributed by atoms with van der Waals surface area (Å²) in [5, 5.41) is 11.7. The van der Waals surface area contributed by atoms with E-state index in [1.54, 1.807) is 0 Å². The molecule has 1 rings (SSSR count). The first kappa shape index (κ1) is 11.7. The second-order valence-electron chi connectivity index (χ2n) is 3.60. The Labute approximate surface area is 90.1 Å². The fraction of sp³-hybridized carbons (Fsp3) is 0.417. The lowest BCUT2D eigenvalue weighted by molar-refractivity contribution is -0.120. The molecule has 0 unspecified atom stereocenters. The Bertz CT molecular complexity index is 298. The zero-order valence-electron chi connectivity index (χ0n) is 8.94. The smallest absolute Gasteiger partial charge is 0.217 e. The van der Waals surface area contributed by atoms with E-state index < -0.39 is 0 Å². The second kappa shape index (κ2) is 6.19. The zero-order valence-corrected chi connectivity index (χ0v) is 8.94. The average molecular weight is 207 g/mol. The van der Waals surface area contributed by atoms with E-state index in [1.807, 2.05) is 30.3 Å². The van der Waals surface area contributed by atoms with Crippen LogP contribution in [0.2, 0.25) is 0 Å². The fourth-order valence-corrected chi connectivity index (χ4v) is 1.48. The molecule has 0 aliphatic heterocycles. The van der Waals surface area contributed by atoms with Crippen LogP contribution in [0.25, 0.3) is 0 Å². The maximum absolute atomic E-state index is 10.8. The topological polar surface area (TPSA) is 49.3 Å². The van der Waals surface area contributed by atoms with Crippen LogP contribution in [-0.4, -0.2) is 23.7 Å². The first-order valence-corrected chi connectivity index (χ1v) is 5.14. The van der Waals surface area contributed by atoms with Gasteiger partial charge < -0.3 is 10.4 Å². The van der Waals surface area contributed by atoms with Gasteiger partial charge in [0.25, 0.3) is 0 Å². The van der Waals surface area contributed by atoms with Crippen LogP contribution in [0, 0.1) is 0 Å². The Morgan fingerprint density at radius 1 is 1.40 bits per heavy atom. The summed E-state index contributed by atoms with van der Waals surface area (Å²) in [6.45, 7) is 1.46. The van der Waals surface area contributed by atoms with E-state index >= 15 is 0 Å². The molecule has 0 aliphatic rings. The number of hydrogen-bond donors (Lipinski definition) is 2. The minimum absolute atomic E-state index is 0.00753. The summed E-state index contributed by atoms with van der Waals surface area (Å²) in [4.78, 5) is 10.8. The van der Waals surface area contributed by atoms with Gasteiger partial charge in [0.15, 0.2) is 0 Å². The molecule has 82 valence electrons. The Kier molecular flexibility index (Phi) is 4.84. The van der Waals surface area contributed by atoms with Crippen molar-refractivity contribution in [3.63, 3.8) is 0 Å². The van der Waals surface area contributed by atoms with Crippen molar-refractivity contribution in [1.29, 1.82) is 0 Å². The highest BCUT2D eigenvalue weighted by Gasteiger charge is 2.07. The van der Waals surface area contributed by atoms with Gasteiger partial charge in [-0.2, -0.15) is 0 Å². The van der Waals surface area contributed by atoms with Crippen LogP contribution >= 0.6 is 0 Å². The maximum Gasteiger partial charge on any atom is 0.217 e. The molecule has 0 radical (unpaired) electrons. The minimum atomic E-state index is -0.136. The Hall–Kier alpha value is -1.35. The van der Waals surface area contributed by atoms with Crippen molar-refractivity contribution in [2.75, 3.05) is 6.61 Å². The third kappa shape index (κ3) is 4.61. The largest absolute Gasteiger partial charge is 0.394 e. The highest BCUT2D eigenvalue weighted by molar-refractivity contribution is 5.73. The molecule has 0 fully saturated rings. The molecule has 0 saturated heterocycles. The number of nitrogens with one attached hydrogen (secondary N) is 1. The van der Waals surface area contributed by atoms with E-state index in [9.17, 15) is 4.79 Å². The molecule has 3 heteroatoms. The van der Waals surface area contributed by atoms with E-state index in [-0.39, 0.29) is 18.6 Å². The van der Waals surface area contributed by atoms with Gasteiger partial charge in [0.2, 0.25) is 5.91 Å². The van der Waals surface area contributed by atoms with Gasteiger partial charge in [-0.25, -0.2) is 0 Å². The molecular formula is C12H17NO2. The number of hydrogen-bond acceptors (Lipinski definition) is 2. The maximum atomic E-state index is 10.8. The number of rotatable bonds is 5. The second-order valence-corrected chi connectivity index (χ2v) is 3.60. The van der Waals surface area contributed by atoms with Crippen molar-refractivity contribution in [1.82, 2.24) is 5.32 Å². The molecular weight excluding hydrogens is 190 g/mol. The number of aliphatic hydroxyl groups is 1. The third-order valence-electron chi connectivity index (χ3n) is 2.25. The lowest BCUT2D eigenvalue weighted by Gasteiger charge is -2.14. The molecule has 3 nitrogen and oxygen atoms in total. The SMILES string of the molecule is CC(=O)N[C@@H](CO)CCc1ccccc1. The summed E-state index contributed by atoms with van der Waals surface area (Å²) < 4.78 is 0. The molecule has 0 bridgehead atoms. The van der Waals surface area contributed by atoms with Gasteiger partial charge >= 0.3 is 0 Å². The summed E-state index contributed by atoms with van der Waals surface area (Å²) in [6.07, 6.45) is 1.63. The fourth-order valence-electron chi connectivity index (χ4n) is 1.48. The van der Waals surface area contributed by atoms with Crippen molar-refractivity contribution in [3.8, 4) is 0 Å². The molecule has 1 aromatic carbocycles. The summed E-state index contributed by atoms with van der Waals surface area (Å²) in [5.74, 6) is -0.0953. The number of carbonyl (C=O) groups excluding carboxylic acids is 1. The molecule has 0 saturated carbocycles. The number of carbonyl (C=O) groups is 1.